The summed E-state index contributed by atoms with van der Waals surface area (Å²) in [5, 5.41) is 22.1. The van der Waals surface area contributed by atoms with Crippen LogP contribution in [0.4, 0.5) is 9.59 Å². The molecule has 0 bridgehead atoms. The summed E-state index contributed by atoms with van der Waals surface area (Å²) >= 11 is 2.76. The first-order valence-electron chi connectivity index (χ1n) is 18.7. The maximum Gasteiger partial charge on any atom is 0.407 e. The Morgan fingerprint density at radius 3 is 2.15 bits per heavy atom. The van der Waals surface area contributed by atoms with Crippen LogP contribution in [-0.2, 0) is 45.9 Å². The molecule has 15 heteroatoms. The minimum Gasteiger partial charge on any atom is -0.444 e. The molecule has 2 aromatic heterocycles. The van der Waals surface area contributed by atoms with Crippen LogP contribution in [0.5, 0.6) is 0 Å². The molecule has 1 fully saturated rings. The van der Waals surface area contributed by atoms with Gasteiger partial charge < -0.3 is 35.4 Å². The van der Waals surface area contributed by atoms with Crippen molar-refractivity contribution < 1.29 is 29.0 Å². The Morgan fingerprint density at radius 1 is 0.927 bits per heavy atom. The number of hydrogen-bond donors (Lipinski definition) is 4. The smallest absolute Gasteiger partial charge is 0.407 e. The second-order valence-corrected chi connectivity index (χ2v) is 16.2. The van der Waals surface area contributed by atoms with Crippen molar-refractivity contribution in [2.75, 3.05) is 39.9 Å². The van der Waals surface area contributed by atoms with Gasteiger partial charge >= 0.3 is 12.1 Å². The molecule has 2 aromatic carbocycles. The van der Waals surface area contributed by atoms with E-state index in [0.29, 0.717) is 62.6 Å². The number of nitrogens with one attached hydrogen (secondary N) is 3. The van der Waals surface area contributed by atoms with E-state index in [4.69, 9.17) is 9.47 Å². The van der Waals surface area contributed by atoms with Crippen molar-refractivity contribution in [3.63, 3.8) is 0 Å². The van der Waals surface area contributed by atoms with Crippen LogP contribution in [0.1, 0.15) is 59.8 Å². The van der Waals surface area contributed by atoms with Gasteiger partial charge in [-0.15, -0.1) is 22.7 Å². The third-order valence-electron chi connectivity index (χ3n) is 9.28. The number of carbonyl (C=O) groups is 3. The number of nitrogens with zero attached hydrogens (tertiary/aromatic N) is 4. The molecule has 1 aliphatic heterocycles. The van der Waals surface area contributed by atoms with Crippen molar-refractivity contribution in [3.05, 3.63) is 104 Å². The fourth-order valence-electron chi connectivity index (χ4n) is 6.25. The van der Waals surface area contributed by atoms with Gasteiger partial charge in [-0.2, -0.15) is 0 Å². The number of aromatic nitrogens is 2. The molecule has 5 rings (SSSR count). The zero-order valence-corrected chi connectivity index (χ0v) is 33.4. The Kier molecular flexibility index (Phi) is 16.0. The lowest BCUT2D eigenvalue weighted by Gasteiger charge is -2.30. The van der Waals surface area contributed by atoms with Crippen LogP contribution in [0.2, 0.25) is 0 Å². The molecule has 0 saturated carbocycles. The normalized spacial score (nSPS) is 15.1. The Morgan fingerprint density at radius 2 is 1.56 bits per heavy atom. The molecule has 13 nitrogen and oxygen atoms in total. The van der Waals surface area contributed by atoms with E-state index in [0.717, 1.165) is 29.1 Å². The van der Waals surface area contributed by atoms with Crippen molar-refractivity contribution in [2.24, 2.45) is 0 Å². The molecule has 3 atom stereocenters. The highest BCUT2D eigenvalue weighted by atomic mass is 32.1. The summed E-state index contributed by atoms with van der Waals surface area (Å²) in [5.41, 5.74) is 3.41. The second-order valence-electron chi connectivity index (χ2n) is 14.4. The van der Waals surface area contributed by atoms with Gasteiger partial charge in [0, 0.05) is 50.3 Å². The van der Waals surface area contributed by atoms with E-state index in [-0.39, 0.29) is 31.1 Å². The van der Waals surface area contributed by atoms with Gasteiger partial charge in [-0.25, -0.2) is 14.6 Å². The van der Waals surface area contributed by atoms with E-state index >= 15 is 0 Å². The fourth-order valence-corrected chi connectivity index (χ4v) is 7.59. The van der Waals surface area contributed by atoms with Gasteiger partial charge in [-0.1, -0.05) is 60.7 Å². The van der Waals surface area contributed by atoms with Gasteiger partial charge in [0.15, 0.2) is 0 Å². The maximum atomic E-state index is 14.2. The lowest BCUT2D eigenvalue weighted by molar-refractivity contribution is -0.124. The number of morpholine rings is 1. The van der Waals surface area contributed by atoms with Crippen molar-refractivity contribution in [1.29, 1.82) is 0 Å². The Balaban J connectivity index is 1.28. The number of ether oxygens (including phenoxy) is 2. The first-order chi connectivity index (χ1) is 26.5. The van der Waals surface area contributed by atoms with E-state index in [9.17, 15) is 19.5 Å². The van der Waals surface area contributed by atoms with E-state index < -0.39 is 23.8 Å². The SMILES string of the molecule is CN(Cc1csc(C(C)(C)O)n1)C(=O)NC(CCN1CCOCC1)C(=O)NC(CCC(Cc1ccccc1)NC(=O)OCc1cncs1)Cc1ccccc1. The Labute approximate surface area is 331 Å². The van der Waals surface area contributed by atoms with Crippen LogP contribution in [0.15, 0.2) is 77.8 Å². The summed E-state index contributed by atoms with van der Waals surface area (Å²) in [5.74, 6) is -0.273. The predicted molar refractivity (Wildman–Crippen MR) is 214 cm³/mol. The average molecular weight is 792 g/mol. The zero-order valence-electron chi connectivity index (χ0n) is 31.8. The third-order valence-corrected chi connectivity index (χ3v) is 11.2. The maximum absolute atomic E-state index is 14.2. The van der Waals surface area contributed by atoms with Gasteiger partial charge in [0.25, 0.3) is 0 Å². The number of rotatable bonds is 19. The third kappa shape index (κ3) is 14.3. The summed E-state index contributed by atoms with van der Waals surface area (Å²) in [6.07, 6.45) is 3.86. The predicted octanol–water partition coefficient (Wildman–Crippen LogP) is 5.10. The number of alkyl carbamates (subject to hydrolysis) is 1. The minimum atomic E-state index is -1.08. The molecule has 1 saturated heterocycles. The fraction of sp³-hybridized carbons (Fsp3) is 0.475. The monoisotopic (exact) mass is 791 g/mol. The average Bonchev–Trinajstić information content (AvgIpc) is 3.89. The molecule has 3 heterocycles. The number of thiazole rings is 2. The number of benzene rings is 2. The van der Waals surface area contributed by atoms with Gasteiger partial charge in [0.1, 0.15) is 23.3 Å². The number of hydrogen-bond acceptors (Lipinski definition) is 11. The van der Waals surface area contributed by atoms with Gasteiger partial charge in [0.05, 0.1) is 35.8 Å². The van der Waals surface area contributed by atoms with Crippen LogP contribution in [-0.4, -0.2) is 101 Å². The Bertz CT molecular complexity index is 1750. The number of aliphatic hydroxyl groups is 1. The summed E-state index contributed by atoms with van der Waals surface area (Å²) < 4.78 is 11.0. The summed E-state index contributed by atoms with van der Waals surface area (Å²) in [4.78, 5) is 53.9. The molecule has 3 unspecified atom stereocenters. The highest BCUT2D eigenvalue weighted by Gasteiger charge is 2.28. The first-order valence-corrected chi connectivity index (χ1v) is 20.5. The summed E-state index contributed by atoms with van der Waals surface area (Å²) in [7, 11) is 1.66. The summed E-state index contributed by atoms with van der Waals surface area (Å²) in [6.45, 7) is 7.09. The molecule has 4 aromatic rings. The van der Waals surface area contributed by atoms with E-state index in [1.807, 2.05) is 66.0 Å². The second kappa shape index (κ2) is 21.0. The van der Waals surface area contributed by atoms with Crippen LogP contribution < -0.4 is 16.0 Å². The lowest BCUT2D eigenvalue weighted by Crippen LogP contribution is -2.54. The molecule has 55 heavy (non-hydrogen) atoms. The van der Waals surface area contributed by atoms with Crippen LogP contribution in [0.25, 0.3) is 0 Å². The van der Waals surface area contributed by atoms with Crippen molar-refractivity contribution in [1.82, 2.24) is 35.7 Å². The standard InChI is InChI=1S/C40H53N7O6S2/c1-40(2,51)37-43-33(27-54-37)25-46(3)38(49)45-35(16-17-47-18-20-52-21-19-47)36(48)42-31(22-29-10-6-4-7-11-29)14-15-32(23-30-12-8-5-9-13-30)44-39(50)53-26-34-24-41-28-55-34/h4-13,24,27-28,31-32,35,51H,14-23,25-26H2,1-3H3,(H,42,48)(H,44,50)(H,45,49). The van der Waals surface area contributed by atoms with E-state index in [1.54, 1.807) is 32.6 Å². The first kappa shape index (κ1) is 41.7. The number of carbonyl (C=O) groups excluding carboxylic acids is 3. The highest BCUT2D eigenvalue weighted by Crippen LogP contribution is 2.24. The van der Waals surface area contributed by atoms with Crippen molar-refractivity contribution in [2.45, 2.75) is 82.8 Å². The molecular weight excluding hydrogens is 739 g/mol. The molecule has 1 aliphatic rings. The van der Waals surface area contributed by atoms with Gasteiger partial charge in [-0.05, 0) is 57.1 Å². The Hall–Kier alpha value is -4.41. The number of amides is 4. The minimum absolute atomic E-state index is 0.139. The van der Waals surface area contributed by atoms with Gasteiger partial charge in [-0.3, -0.25) is 14.7 Å². The van der Waals surface area contributed by atoms with Crippen LogP contribution in [0, 0.1) is 0 Å². The van der Waals surface area contributed by atoms with Gasteiger partial charge in [0.2, 0.25) is 5.91 Å². The largest absolute Gasteiger partial charge is 0.444 e. The van der Waals surface area contributed by atoms with Crippen molar-refractivity contribution >= 4 is 40.7 Å². The molecule has 4 N–H and O–H groups in total. The number of urea groups is 1. The summed E-state index contributed by atoms with van der Waals surface area (Å²) in [6, 6.07) is 18.2. The van der Waals surface area contributed by atoms with Crippen LogP contribution >= 0.6 is 22.7 Å². The lowest BCUT2D eigenvalue weighted by atomic mass is 9.95. The topological polar surface area (TPSA) is 158 Å². The molecule has 0 spiro atoms. The zero-order chi connectivity index (χ0) is 39.0. The molecule has 0 radical (unpaired) electrons. The quantitative estimate of drug-likeness (QED) is 0.101. The molecule has 4 amide bonds. The molecule has 0 aliphatic carbocycles. The van der Waals surface area contributed by atoms with E-state index in [1.165, 1.54) is 27.6 Å². The molecular formula is C40H53N7O6S2. The van der Waals surface area contributed by atoms with Crippen molar-refractivity contribution in [3.8, 4) is 0 Å². The molecule has 296 valence electrons. The van der Waals surface area contributed by atoms with Crippen LogP contribution in [0.3, 0.4) is 0 Å². The van der Waals surface area contributed by atoms with E-state index in [2.05, 4.69) is 30.8 Å². The highest BCUT2D eigenvalue weighted by molar-refractivity contribution is 7.10.